The fourth-order valence-corrected chi connectivity index (χ4v) is 3.34. The lowest BCUT2D eigenvalue weighted by atomic mass is 10.0. The van der Waals surface area contributed by atoms with E-state index in [1.165, 1.54) is 12.1 Å². The molecule has 26 heavy (non-hydrogen) atoms. The summed E-state index contributed by atoms with van der Waals surface area (Å²) >= 11 is 0. The van der Waals surface area contributed by atoms with E-state index in [-0.39, 0.29) is 17.8 Å². The molecular formula is C21H19FN2O2. The Kier molecular flexibility index (Phi) is 4.52. The third-order valence-electron chi connectivity index (χ3n) is 4.74. The van der Waals surface area contributed by atoms with Crippen molar-refractivity contribution in [1.82, 2.24) is 9.88 Å². The van der Waals surface area contributed by atoms with Crippen LogP contribution in [0.25, 0.3) is 10.8 Å². The van der Waals surface area contributed by atoms with E-state index < -0.39 is 0 Å². The number of fused-ring (bicyclic) bond motifs is 1. The second-order valence-corrected chi connectivity index (χ2v) is 6.47. The highest BCUT2D eigenvalue weighted by molar-refractivity contribution is 6.06. The largest absolute Gasteiger partial charge is 0.490 e. The van der Waals surface area contributed by atoms with Crippen LogP contribution in [0.1, 0.15) is 23.2 Å². The predicted molar refractivity (Wildman–Crippen MR) is 97.7 cm³/mol. The van der Waals surface area contributed by atoms with Gasteiger partial charge in [-0.15, -0.1) is 0 Å². The van der Waals surface area contributed by atoms with Crippen LogP contribution >= 0.6 is 0 Å². The summed E-state index contributed by atoms with van der Waals surface area (Å²) in [6, 6.07) is 13.8. The number of rotatable bonds is 3. The van der Waals surface area contributed by atoms with Gasteiger partial charge >= 0.3 is 0 Å². The van der Waals surface area contributed by atoms with Crippen LogP contribution in [0.4, 0.5) is 4.39 Å². The minimum Gasteiger partial charge on any atom is -0.490 e. The summed E-state index contributed by atoms with van der Waals surface area (Å²) < 4.78 is 18.9. The van der Waals surface area contributed by atoms with Crippen LogP contribution in [0, 0.1) is 5.82 Å². The number of hydrogen-bond donors (Lipinski definition) is 0. The molecule has 1 saturated heterocycles. The summed E-state index contributed by atoms with van der Waals surface area (Å²) in [6.45, 7) is 1.27. The van der Waals surface area contributed by atoms with E-state index in [1.807, 2.05) is 29.2 Å². The lowest BCUT2D eigenvalue weighted by Gasteiger charge is -2.32. The van der Waals surface area contributed by atoms with Gasteiger partial charge in [0.25, 0.3) is 5.91 Å². The standard InChI is InChI=1S/C21H19FN2O2/c22-16-5-7-17(8-6-16)26-18-9-11-24(12-10-18)21(25)20-14-23-13-15-3-1-2-4-19(15)20/h1-8,13-14,18H,9-12H2. The molecule has 0 atom stereocenters. The van der Waals surface area contributed by atoms with Gasteiger partial charge in [0.15, 0.2) is 0 Å². The van der Waals surface area contributed by atoms with Crippen molar-refractivity contribution in [3.8, 4) is 5.75 Å². The summed E-state index contributed by atoms with van der Waals surface area (Å²) in [4.78, 5) is 19.0. The Morgan fingerprint density at radius 3 is 2.54 bits per heavy atom. The van der Waals surface area contributed by atoms with Crippen molar-refractivity contribution in [2.45, 2.75) is 18.9 Å². The van der Waals surface area contributed by atoms with Crippen molar-refractivity contribution in [3.05, 3.63) is 72.3 Å². The molecule has 1 aliphatic rings. The number of piperidine rings is 1. The molecular weight excluding hydrogens is 331 g/mol. The van der Waals surface area contributed by atoms with E-state index >= 15 is 0 Å². The van der Waals surface area contributed by atoms with Gasteiger partial charge in [0.2, 0.25) is 0 Å². The zero-order valence-electron chi connectivity index (χ0n) is 14.3. The lowest BCUT2D eigenvalue weighted by molar-refractivity contribution is 0.0597. The quantitative estimate of drug-likeness (QED) is 0.715. The van der Waals surface area contributed by atoms with Crippen molar-refractivity contribution in [1.29, 1.82) is 0 Å². The number of hydrogen-bond acceptors (Lipinski definition) is 3. The van der Waals surface area contributed by atoms with Crippen LogP contribution in [0.5, 0.6) is 5.75 Å². The van der Waals surface area contributed by atoms with Crippen LogP contribution in [0.3, 0.4) is 0 Å². The third-order valence-corrected chi connectivity index (χ3v) is 4.74. The zero-order valence-corrected chi connectivity index (χ0v) is 14.3. The number of carbonyl (C=O) groups is 1. The van der Waals surface area contributed by atoms with Crippen LogP contribution in [0.2, 0.25) is 0 Å². The maximum atomic E-state index is 13.0. The summed E-state index contributed by atoms with van der Waals surface area (Å²) in [5, 5.41) is 1.89. The van der Waals surface area contributed by atoms with Crippen molar-refractivity contribution < 1.29 is 13.9 Å². The monoisotopic (exact) mass is 350 g/mol. The number of aromatic nitrogens is 1. The van der Waals surface area contributed by atoms with Crippen molar-refractivity contribution in [3.63, 3.8) is 0 Å². The van der Waals surface area contributed by atoms with Gasteiger partial charge in [-0.25, -0.2) is 4.39 Å². The maximum absolute atomic E-state index is 13.0. The normalized spacial score (nSPS) is 15.2. The molecule has 1 aromatic heterocycles. The fourth-order valence-electron chi connectivity index (χ4n) is 3.34. The lowest BCUT2D eigenvalue weighted by Crippen LogP contribution is -2.41. The summed E-state index contributed by atoms with van der Waals surface area (Å²) in [5.74, 6) is 0.394. The molecule has 0 spiro atoms. The molecule has 0 radical (unpaired) electrons. The van der Waals surface area contributed by atoms with Gasteiger partial charge in [0.1, 0.15) is 17.7 Å². The first kappa shape index (κ1) is 16.5. The van der Waals surface area contributed by atoms with E-state index in [1.54, 1.807) is 24.5 Å². The molecule has 0 bridgehead atoms. The summed E-state index contributed by atoms with van der Waals surface area (Å²) in [6.07, 6.45) is 4.96. The highest BCUT2D eigenvalue weighted by atomic mass is 19.1. The molecule has 0 saturated carbocycles. The minimum absolute atomic E-state index is 0.00883. The second-order valence-electron chi connectivity index (χ2n) is 6.47. The van der Waals surface area contributed by atoms with E-state index in [4.69, 9.17) is 4.74 Å². The molecule has 0 aliphatic carbocycles. The molecule has 0 N–H and O–H groups in total. The third kappa shape index (κ3) is 3.38. The minimum atomic E-state index is -0.276. The Morgan fingerprint density at radius 2 is 1.77 bits per heavy atom. The SMILES string of the molecule is O=C(c1cncc2ccccc12)N1CCC(Oc2ccc(F)cc2)CC1. The molecule has 4 nitrogen and oxygen atoms in total. The highest BCUT2D eigenvalue weighted by Gasteiger charge is 2.25. The number of nitrogens with zero attached hydrogens (tertiary/aromatic N) is 2. The molecule has 0 unspecified atom stereocenters. The van der Waals surface area contributed by atoms with Gasteiger partial charge in [-0.05, 0) is 29.7 Å². The number of carbonyl (C=O) groups excluding carboxylic acids is 1. The molecule has 2 aromatic carbocycles. The number of halogens is 1. The first-order valence-corrected chi connectivity index (χ1v) is 8.75. The van der Waals surface area contributed by atoms with E-state index in [9.17, 15) is 9.18 Å². The molecule has 4 rings (SSSR count). The average Bonchev–Trinajstić information content (AvgIpc) is 2.69. The molecule has 132 valence electrons. The fraction of sp³-hybridized carbons (Fsp3) is 0.238. The number of pyridine rings is 1. The van der Waals surface area contributed by atoms with Crippen LogP contribution in [0.15, 0.2) is 60.9 Å². The number of likely N-dealkylation sites (tertiary alicyclic amines) is 1. The van der Waals surface area contributed by atoms with Gasteiger partial charge in [0.05, 0.1) is 5.56 Å². The second kappa shape index (κ2) is 7.12. The molecule has 2 heterocycles. The molecule has 5 heteroatoms. The van der Waals surface area contributed by atoms with Gasteiger partial charge < -0.3 is 9.64 Å². The molecule has 1 aliphatic heterocycles. The van der Waals surface area contributed by atoms with Gasteiger partial charge in [-0.2, -0.15) is 0 Å². The Hall–Kier alpha value is -2.95. The maximum Gasteiger partial charge on any atom is 0.256 e. The molecule has 3 aromatic rings. The highest BCUT2D eigenvalue weighted by Crippen LogP contribution is 2.23. The predicted octanol–water partition coefficient (Wildman–Crippen LogP) is 4.06. The zero-order chi connectivity index (χ0) is 17.9. The van der Waals surface area contributed by atoms with Gasteiger partial charge in [0, 0.05) is 43.7 Å². The average molecular weight is 350 g/mol. The number of amides is 1. The van der Waals surface area contributed by atoms with Crippen molar-refractivity contribution in [2.75, 3.05) is 13.1 Å². The number of benzene rings is 2. The molecule has 1 fully saturated rings. The first-order chi connectivity index (χ1) is 12.7. The van der Waals surface area contributed by atoms with Gasteiger partial charge in [-0.3, -0.25) is 9.78 Å². The Morgan fingerprint density at radius 1 is 1.04 bits per heavy atom. The smallest absolute Gasteiger partial charge is 0.256 e. The van der Waals surface area contributed by atoms with Crippen LogP contribution in [-0.4, -0.2) is 35.0 Å². The topological polar surface area (TPSA) is 42.4 Å². The van der Waals surface area contributed by atoms with E-state index in [0.717, 1.165) is 23.6 Å². The van der Waals surface area contributed by atoms with Crippen LogP contribution < -0.4 is 4.74 Å². The van der Waals surface area contributed by atoms with Crippen molar-refractivity contribution >= 4 is 16.7 Å². The Bertz CT molecular complexity index is 913. The summed E-state index contributed by atoms with van der Waals surface area (Å²) in [7, 11) is 0. The Labute approximate surface area is 151 Å². The van der Waals surface area contributed by atoms with Gasteiger partial charge in [-0.1, -0.05) is 24.3 Å². The van der Waals surface area contributed by atoms with Crippen molar-refractivity contribution in [2.24, 2.45) is 0 Å². The van der Waals surface area contributed by atoms with E-state index in [2.05, 4.69) is 4.98 Å². The van der Waals surface area contributed by atoms with E-state index in [0.29, 0.717) is 24.4 Å². The number of ether oxygens (including phenoxy) is 1. The van der Waals surface area contributed by atoms with Crippen LogP contribution in [-0.2, 0) is 0 Å². The molecule has 1 amide bonds. The summed E-state index contributed by atoms with van der Waals surface area (Å²) in [5.41, 5.74) is 0.640. The first-order valence-electron chi connectivity index (χ1n) is 8.75. The Balaban J connectivity index is 1.42.